The smallest absolute Gasteiger partial charge is 0.301 e. The molecular weight excluding hydrogens is 526 g/mol. The number of nitrogens with zero attached hydrogens (tertiary/aromatic N) is 3. The predicted molar refractivity (Wildman–Crippen MR) is 132 cm³/mol. The first-order valence-corrected chi connectivity index (χ1v) is 10.6. The molecule has 0 saturated carbocycles. The number of nitrogens with one attached hydrogen (secondary N) is 2. The highest BCUT2D eigenvalue weighted by Crippen LogP contribution is 2.36. The normalized spacial score (nSPS) is 10.6. The number of non-ortho nitro benzene ring substituents is 1. The molecule has 3 rings (SSSR count). The zero-order chi connectivity index (χ0) is 25.4. The van der Waals surface area contributed by atoms with Crippen molar-refractivity contribution in [1.82, 2.24) is 0 Å². The number of para-hydroxylation sites is 1. The minimum atomic E-state index is -0.745. The maximum absolute atomic E-state index is 12.2. The van der Waals surface area contributed by atoms with E-state index in [4.69, 9.17) is 9.47 Å². The lowest BCUT2D eigenvalue weighted by molar-refractivity contribution is -0.393. The van der Waals surface area contributed by atoms with Gasteiger partial charge in [0.05, 0.1) is 33.7 Å². The van der Waals surface area contributed by atoms with Crippen molar-refractivity contribution in [2.75, 3.05) is 24.5 Å². The largest absolute Gasteiger partial charge is 0.493 e. The van der Waals surface area contributed by atoms with Gasteiger partial charge in [-0.05, 0) is 51.8 Å². The van der Waals surface area contributed by atoms with Gasteiger partial charge in [-0.3, -0.25) is 30.4 Å². The van der Waals surface area contributed by atoms with E-state index in [9.17, 15) is 25.0 Å². The van der Waals surface area contributed by atoms with Gasteiger partial charge in [-0.15, -0.1) is 0 Å². The van der Waals surface area contributed by atoms with Crippen molar-refractivity contribution in [3.8, 4) is 11.5 Å². The summed E-state index contributed by atoms with van der Waals surface area (Å²) in [6.07, 6.45) is 1.37. The van der Waals surface area contributed by atoms with Crippen molar-refractivity contribution < 1.29 is 24.1 Å². The van der Waals surface area contributed by atoms with Crippen molar-refractivity contribution in [2.45, 2.75) is 0 Å². The molecule has 13 heteroatoms. The molecule has 0 radical (unpaired) electrons. The molecule has 0 aromatic heterocycles. The Morgan fingerprint density at radius 2 is 1.83 bits per heavy atom. The van der Waals surface area contributed by atoms with E-state index in [-0.39, 0.29) is 18.2 Å². The molecule has 0 saturated heterocycles. The number of ether oxygens (including phenoxy) is 2. The number of hydrogen-bond donors (Lipinski definition) is 2. The summed E-state index contributed by atoms with van der Waals surface area (Å²) in [5, 5.41) is 28.8. The first-order valence-electron chi connectivity index (χ1n) is 9.85. The van der Waals surface area contributed by atoms with Gasteiger partial charge in [0.2, 0.25) is 0 Å². The number of rotatable bonds is 10. The fourth-order valence-corrected chi connectivity index (χ4v) is 3.44. The third kappa shape index (κ3) is 6.74. The van der Waals surface area contributed by atoms with Gasteiger partial charge in [0.1, 0.15) is 5.69 Å². The fraction of sp³-hybridized carbons (Fsp3) is 0.0909. The van der Waals surface area contributed by atoms with Crippen molar-refractivity contribution in [1.29, 1.82) is 0 Å². The standard InChI is InChI=1S/C22H18BrN5O7/c1-34-20-10-14(12-24-26-18-8-7-16(27(30)31)11-19(18)28(32)33)9-17(23)22(20)35-13-21(29)25-15-5-3-2-4-6-15/h2-12,26H,13H2,1H3,(H,25,29)/b24-12+. The molecule has 0 spiro atoms. The SMILES string of the molecule is COc1cc(/C=N/Nc2ccc([N+](=O)[O-])cc2[N+](=O)[O-])cc(Br)c1OCC(=O)Nc1ccccc1. The van der Waals surface area contributed by atoms with E-state index in [1.54, 1.807) is 36.4 Å². The molecule has 35 heavy (non-hydrogen) atoms. The number of nitro groups is 2. The van der Waals surface area contributed by atoms with Gasteiger partial charge in [0.15, 0.2) is 18.1 Å². The van der Waals surface area contributed by atoms with Gasteiger partial charge in [-0.1, -0.05) is 18.2 Å². The summed E-state index contributed by atoms with van der Waals surface area (Å²) < 4.78 is 11.4. The van der Waals surface area contributed by atoms with E-state index in [0.29, 0.717) is 27.2 Å². The third-order valence-corrected chi connectivity index (χ3v) is 5.03. The van der Waals surface area contributed by atoms with Crippen LogP contribution in [0.5, 0.6) is 11.5 Å². The number of carbonyl (C=O) groups is 1. The molecular formula is C22H18BrN5O7. The van der Waals surface area contributed by atoms with Crippen molar-refractivity contribution in [2.24, 2.45) is 5.10 Å². The van der Waals surface area contributed by atoms with Crippen molar-refractivity contribution in [3.63, 3.8) is 0 Å². The minimum Gasteiger partial charge on any atom is -0.493 e. The number of nitro benzene ring substituents is 2. The second-order valence-electron chi connectivity index (χ2n) is 6.82. The van der Waals surface area contributed by atoms with Crippen molar-refractivity contribution >= 4 is 50.8 Å². The van der Waals surface area contributed by atoms with Crippen LogP contribution in [-0.4, -0.2) is 35.7 Å². The Labute approximate surface area is 207 Å². The van der Waals surface area contributed by atoms with Crippen LogP contribution in [0.1, 0.15) is 5.56 Å². The lowest BCUT2D eigenvalue weighted by Gasteiger charge is -2.13. The molecule has 0 aliphatic heterocycles. The third-order valence-electron chi connectivity index (χ3n) is 4.44. The average Bonchev–Trinajstić information content (AvgIpc) is 2.83. The summed E-state index contributed by atoms with van der Waals surface area (Å²) in [5.41, 5.74) is 2.76. The number of hydrazone groups is 1. The molecule has 3 aromatic rings. The van der Waals surface area contributed by atoms with Crippen LogP contribution in [-0.2, 0) is 4.79 Å². The Balaban J connectivity index is 1.70. The molecule has 0 heterocycles. The van der Waals surface area contributed by atoms with E-state index in [1.165, 1.54) is 19.4 Å². The Morgan fingerprint density at radius 1 is 1.09 bits per heavy atom. The van der Waals surface area contributed by atoms with Crippen LogP contribution in [0.15, 0.2) is 70.2 Å². The second-order valence-corrected chi connectivity index (χ2v) is 7.68. The fourth-order valence-electron chi connectivity index (χ4n) is 2.87. The summed E-state index contributed by atoms with van der Waals surface area (Å²) in [6, 6.07) is 15.3. The van der Waals surface area contributed by atoms with Crippen LogP contribution in [0, 0.1) is 20.2 Å². The molecule has 0 atom stereocenters. The second kappa shape index (κ2) is 11.6. The molecule has 0 unspecified atom stereocenters. The van der Waals surface area contributed by atoms with Gasteiger partial charge in [0.25, 0.3) is 11.6 Å². The molecule has 180 valence electrons. The Hall–Kier alpha value is -4.52. The quantitative estimate of drug-likeness (QED) is 0.211. The van der Waals surface area contributed by atoms with Gasteiger partial charge >= 0.3 is 5.69 Å². The van der Waals surface area contributed by atoms with E-state index in [1.807, 2.05) is 6.07 Å². The lowest BCUT2D eigenvalue weighted by atomic mass is 10.2. The predicted octanol–water partition coefficient (Wildman–Crippen LogP) is 4.74. The molecule has 0 bridgehead atoms. The Bertz CT molecular complexity index is 1280. The van der Waals surface area contributed by atoms with Gasteiger partial charge < -0.3 is 14.8 Å². The number of amides is 1. The summed E-state index contributed by atoms with van der Waals surface area (Å²) in [5.74, 6) is 0.256. The molecule has 12 nitrogen and oxygen atoms in total. The van der Waals surface area contributed by atoms with Crippen LogP contribution in [0.25, 0.3) is 0 Å². The molecule has 0 aliphatic carbocycles. The highest BCUT2D eigenvalue weighted by atomic mass is 79.9. The number of benzene rings is 3. The van der Waals surface area contributed by atoms with E-state index < -0.39 is 21.2 Å². The van der Waals surface area contributed by atoms with Crippen LogP contribution in [0.2, 0.25) is 0 Å². The summed E-state index contributed by atoms with van der Waals surface area (Å²) in [6.45, 7) is -0.261. The highest BCUT2D eigenvalue weighted by molar-refractivity contribution is 9.10. The average molecular weight is 544 g/mol. The number of methoxy groups -OCH3 is 1. The summed E-state index contributed by atoms with van der Waals surface area (Å²) in [4.78, 5) is 32.8. The first kappa shape index (κ1) is 25.1. The molecule has 2 N–H and O–H groups in total. The van der Waals surface area contributed by atoms with Crippen LogP contribution in [0.4, 0.5) is 22.7 Å². The number of carbonyl (C=O) groups excluding carboxylic acids is 1. The molecule has 3 aromatic carbocycles. The van der Waals surface area contributed by atoms with Crippen LogP contribution < -0.4 is 20.2 Å². The number of hydrogen-bond acceptors (Lipinski definition) is 9. The van der Waals surface area contributed by atoms with Gasteiger partial charge in [-0.25, -0.2) is 0 Å². The number of halogens is 1. The van der Waals surface area contributed by atoms with Crippen LogP contribution in [0.3, 0.4) is 0 Å². The highest BCUT2D eigenvalue weighted by Gasteiger charge is 2.19. The summed E-state index contributed by atoms with van der Waals surface area (Å²) in [7, 11) is 1.43. The zero-order valence-electron chi connectivity index (χ0n) is 18.1. The van der Waals surface area contributed by atoms with Gasteiger partial charge in [0, 0.05) is 11.8 Å². The minimum absolute atomic E-state index is 0.0211. The van der Waals surface area contributed by atoms with Gasteiger partial charge in [-0.2, -0.15) is 5.10 Å². The van der Waals surface area contributed by atoms with E-state index >= 15 is 0 Å². The molecule has 1 amide bonds. The van der Waals surface area contributed by atoms with Crippen LogP contribution >= 0.6 is 15.9 Å². The monoisotopic (exact) mass is 543 g/mol. The zero-order valence-corrected chi connectivity index (χ0v) is 19.7. The van der Waals surface area contributed by atoms with Crippen molar-refractivity contribution in [3.05, 3.63) is 90.9 Å². The molecule has 0 aliphatic rings. The van der Waals surface area contributed by atoms with E-state index in [2.05, 4.69) is 31.8 Å². The Morgan fingerprint density at radius 3 is 2.49 bits per heavy atom. The number of anilines is 2. The first-order chi connectivity index (χ1) is 16.8. The molecule has 0 fully saturated rings. The summed E-state index contributed by atoms with van der Waals surface area (Å²) >= 11 is 3.37. The topological polar surface area (TPSA) is 158 Å². The Kier molecular flexibility index (Phi) is 8.29. The maximum atomic E-state index is 12.2. The maximum Gasteiger partial charge on any atom is 0.301 e. The van der Waals surface area contributed by atoms with E-state index in [0.717, 1.165) is 12.1 Å². The lowest BCUT2D eigenvalue weighted by Crippen LogP contribution is -2.20.